The van der Waals surface area contributed by atoms with Gasteiger partial charge >= 0.3 is 17.8 Å². The Morgan fingerprint density at radius 2 is 1.81 bits per heavy atom. The molecular formula is C16H13ClF4N3O3+. The molecule has 1 amide bonds. The number of halogens is 5. The van der Waals surface area contributed by atoms with Gasteiger partial charge in [0.2, 0.25) is 0 Å². The Balaban J connectivity index is 2.50. The molecule has 1 atom stereocenters. The first-order valence-electron chi connectivity index (χ1n) is 7.28. The fourth-order valence-electron chi connectivity index (χ4n) is 2.11. The molecule has 1 aromatic heterocycles. The minimum absolute atomic E-state index is 0.187. The molecule has 0 unspecified atom stereocenters. The quantitative estimate of drug-likeness (QED) is 0.454. The Bertz CT molecular complexity index is 846. The highest BCUT2D eigenvalue weighted by molar-refractivity contribution is 6.30. The van der Waals surface area contributed by atoms with Gasteiger partial charge in [-0.3, -0.25) is 10.1 Å². The van der Waals surface area contributed by atoms with Crippen molar-refractivity contribution < 1.29 is 36.9 Å². The Morgan fingerprint density at radius 3 is 2.33 bits per heavy atom. The van der Waals surface area contributed by atoms with Crippen LogP contribution in [0.5, 0.6) is 0 Å². The van der Waals surface area contributed by atoms with Gasteiger partial charge in [0.15, 0.2) is 0 Å². The van der Waals surface area contributed by atoms with Crippen LogP contribution in [0, 0.1) is 5.82 Å². The molecule has 144 valence electrons. The summed E-state index contributed by atoms with van der Waals surface area (Å²) in [6.07, 6.45) is -4.20. The number of pyridine rings is 1. The number of esters is 1. The Kier molecular flexibility index (Phi) is 5.89. The second kappa shape index (κ2) is 7.78. The van der Waals surface area contributed by atoms with Gasteiger partial charge in [0.05, 0.1) is 17.7 Å². The van der Waals surface area contributed by atoms with Crippen LogP contribution in [0.4, 0.5) is 23.4 Å². The Morgan fingerprint density at radius 1 is 1.15 bits per heavy atom. The zero-order chi connectivity index (χ0) is 20.2. The maximum atomic E-state index is 13.8. The molecule has 0 radical (unpaired) electrons. The molecule has 6 nitrogen and oxygen atoms in total. The van der Waals surface area contributed by atoms with Crippen LogP contribution >= 0.6 is 11.6 Å². The number of nitrogens with one attached hydrogen (secondary N) is 3. The largest absolute Gasteiger partial charge is 0.464 e. The normalized spacial score (nSPS) is 13.4. The van der Waals surface area contributed by atoms with Gasteiger partial charge in [-0.15, -0.1) is 0 Å². The van der Waals surface area contributed by atoms with Crippen molar-refractivity contribution >= 4 is 29.3 Å². The molecule has 1 aromatic carbocycles. The van der Waals surface area contributed by atoms with Gasteiger partial charge in [-0.05, 0) is 18.2 Å². The number of hydrogen-bond acceptors (Lipinski definition) is 4. The summed E-state index contributed by atoms with van der Waals surface area (Å²) in [4.78, 5) is 26.7. The minimum Gasteiger partial charge on any atom is -0.464 e. The molecule has 0 spiro atoms. The number of carbonyl (C=O) groups excluding carboxylic acids is 2. The molecule has 2 aromatic rings. The minimum atomic E-state index is -5.35. The number of aromatic amines is 1. The first-order chi connectivity index (χ1) is 12.6. The van der Waals surface area contributed by atoms with Crippen LogP contribution in [0.3, 0.4) is 0 Å². The number of ether oxygens (including phenoxy) is 1. The summed E-state index contributed by atoms with van der Waals surface area (Å²) in [5, 5.41) is 3.55. The Hall–Kier alpha value is -2.88. The molecule has 0 bridgehead atoms. The van der Waals surface area contributed by atoms with E-state index in [9.17, 15) is 27.2 Å². The smallest absolute Gasteiger partial charge is 0.464 e. The van der Waals surface area contributed by atoms with Crippen LogP contribution in [0.1, 0.15) is 10.4 Å². The number of H-pyrrole nitrogens is 1. The van der Waals surface area contributed by atoms with E-state index in [2.05, 4.69) is 9.72 Å². The third kappa shape index (κ3) is 4.27. The van der Waals surface area contributed by atoms with E-state index >= 15 is 0 Å². The summed E-state index contributed by atoms with van der Waals surface area (Å²) in [5.74, 6) is -4.70. The summed E-state index contributed by atoms with van der Waals surface area (Å²) in [6, 6.07) is 6.73. The monoisotopic (exact) mass is 406 g/mol. The molecule has 2 rings (SSSR count). The maximum absolute atomic E-state index is 13.8. The molecule has 27 heavy (non-hydrogen) atoms. The number of carbonyl (C=O) groups is 2. The van der Waals surface area contributed by atoms with E-state index < -0.39 is 35.1 Å². The number of aromatic nitrogens is 1. The zero-order valence-corrected chi connectivity index (χ0v) is 14.4. The van der Waals surface area contributed by atoms with E-state index in [1.807, 2.05) is 5.32 Å². The van der Waals surface area contributed by atoms with Crippen molar-refractivity contribution in [2.45, 2.75) is 11.8 Å². The van der Waals surface area contributed by atoms with Gasteiger partial charge in [-0.25, -0.2) is 19.5 Å². The molecule has 0 aliphatic heterocycles. The average molecular weight is 407 g/mol. The van der Waals surface area contributed by atoms with Crippen molar-refractivity contribution in [2.75, 3.05) is 12.4 Å². The third-order valence-electron chi connectivity index (χ3n) is 3.43. The summed E-state index contributed by atoms with van der Waals surface area (Å²) in [5.41, 5.74) is -4.37. The molecule has 0 saturated heterocycles. The lowest BCUT2D eigenvalue weighted by Crippen LogP contribution is -2.69. The van der Waals surface area contributed by atoms with E-state index in [4.69, 9.17) is 11.6 Å². The summed E-state index contributed by atoms with van der Waals surface area (Å²) in [7, 11) is 0.714. The molecule has 11 heteroatoms. The van der Waals surface area contributed by atoms with Crippen molar-refractivity contribution in [3.8, 4) is 0 Å². The zero-order valence-electron chi connectivity index (χ0n) is 13.7. The molecule has 0 aliphatic carbocycles. The van der Waals surface area contributed by atoms with Gasteiger partial charge < -0.3 is 4.74 Å². The van der Waals surface area contributed by atoms with E-state index in [1.54, 1.807) is 0 Å². The highest BCUT2D eigenvalue weighted by Crippen LogP contribution is 2.32. The lowest BCUT2D eigenvalue weighted by Gasteiger charge is -2.30. The third-order valence-corrected chi connectivity index (χ3v) is 3.67. The topological polar surface area (TPSA) is 81.6 Å². The predicted octanol–water partition coefficient (Wildman–Crippen LogP) is 2.57. The fraction of sp³-hybridized carbons (Fsp3) is 0.188. The van der Waals surface area contributed by atoms with Crippen LogP contribution in [0.2, 0.25) is 5.02 Å². The number of benzene rings is 1. The van der Waals surface area contributed by atoms with E-state index in [0.29, 0.717) is 7.11 Å². The molecule has 0 saturated carbocycles. The van der Waals surface area contributed by atoms with Gasteiger partial charge in [0, 0.05) is 6.07 Å². The number of amides is 1. The van der Waals surface area contributed by atoms with E-state index in [0.717, 1.165) is 24.4 Å². The predicted molar refractivity (Wildman–Crippen MR) is 86.3 cm³/mol. The van der Waals surface area contributed by atoms with Crippen LogP contribution < -0.4 is 15.6 Å². The summed E-state index contributed by atoms with van der Waals surface area (Å²) in [6.45, 7) is 0. The number of rotatable bonds is 5. The van der Waals surface area contributed by atoms with Crippen molar-refractivity contribution in [2.24, 2.45) is 0 Å². The number of alkyl halides is 3. The number of anilines is 1. The van der Waals surface area contributed by atoms with Crippen LogP contribution in [-0.4, -0.2) is 30.8 Å². The molecule has 3 N–H and O–H groups in total. The van der Waals surface area contributed by atoms with E-state index in [1.165, 1.54) is 23.5 Å². The maximum Gasteiger partial charge on any atom is 0.464 e. The van der Waals surface area contributed by atoms with Crippen LogP contribution in [0.25, 0.3) is 0 Å². The van der Waals surface area contributed by atoms with Gasteiger partial charge in [-0.1, -0.05) is 23.7 Å². The highest BCUT2D eigenvalue weighted by atomic mass is 35.5. The fourth-order valence-corrected chi connectivity index (χ4v) is 2.23. The van der Waals surface area contributed by atoms with E-state index in [-0.39, 0.29) is 10.8 Å². The standard InChI is InChI=1S/C16H12ClF4N3O3/c1-27-14(26)15(16(19,20)21,23-12-7-6-9(17)8-22-12)24-13(25)10-4-2-3-5-11(10)18/h2-8H,1H3,(H,22,23)(H,24,25)/p+1/t15-/m1/s1. The summed E-state index contributed by atoms with van der Waals surface area (Å²) < 4.78 is 59.5. The molecular weight excluding hydrogens is 394 g/mol. The van der Waals surface area contributed by atoms with Gasteiger partial charge in [-0.2, -0.15) is 13.2 Å². The van der Waals surface area contributed by atoms with Crippen molar-refractivity contribution in [3.63, 3.8) is 0 Å². The van der Waals surface area contributed by atoms with Crippen molar-refractivity contribution in [3.05, 3.63) is 59.0 Å². The van der Waals surface area contributed by atoms with Crippen molar-refractivity contribution in [1.29, 1.82) is 0 Å². The van der Waals surface area contributed by atoms with Crippen molar-refractivity contribution in [1.82, 2.24) is 5.32 Å². The molecule has 0 aliphatic rings. The lowest BCUT2D eigenvalue weighted by molar-refractivity contribution is -0.362. The SMILES string of the molecule is COC(=O)[C@](NC(=O)c1ccccc1F)(Nc1ccc(Cl)c[nH+]1)C(F)(F)F. The average Bonchev–Trinajstić information content (AvgIpc) is 2.61. The lowest BCUT2D eigenvalue weighted by atomic mass is 10.1. The molecule has 1 heterocycles. The second-order valence-corrected chi connectivity index (χ2v) is 5.66. The van der Waals surface area contributed by atoms with Gasteiger partial charge in [0.25, 0.3) is 11.7 Å². The van der Waals surface area contributed by atoms with Crippen LogP contribution in [0.15, 0.2) is 42.6 Å². The summed E-state index contributed by atoms with van der Waals surface area (Å²) >= 11 is 5.66. The molecule has 0 fully saturated rings. The number of hydrogen-bond donors (Lipinski definition) is 2. The van der Waals surface area contributed by atoms with Crippen LogP contribution in [-0.2, 0) is 9.53 Å². The second-order valence-electron chi connectivity index (χ2n) is 5.22. The number of methoxy groups -OCH3 is 1. The highest BCUT2D eigenvalue weighted by Gasteiger charge is 2.67. The van der Waals surface area contributed by atoms with Gasteiger partial charge in [0.1, 0.15) is 12.0 Å². The first kappa shape index (κ1) is 20.4. The first-order valence-corrected chi connectivity index (χ1v) is 7.66. The Labute approximate surface area is 155 Å².